The second-order valence-corrected chi connectivity index (χ2v) is 5.76. The summed E-state index contributed by atoms with van der Waals surface area (Å²) in [6, 6.07) is 6.05. The number of rotatable bonds is 2. The molecule has 0 amide bonds. The number of nitrogens with zero attached hydrogens (tertiary/aromatic N) is 2. The molecule has 1 aliphatic heterocycles. The first-order valence-corrected chi connectivity index (χ1v) is 6.77. The minimum absolute atomic E-state index is 0.153. The van der Waals surface area contributed by atoms with Gasteiger partial charge >= 0.3 is 0 Å². The highest BCUT2D eigenvalue weighted by molar-refractivity contribution is 5.52. The zero-order valence-electron chi connectivity index (χ0n) is 11.6. The van der Waals surface area contributed by atoms with Gasteiger partial charge in [0.25, 0.3) is 5.89 Å². The van der Waals surface area contributed by atoms with Crippen molar-refractivity contribution in [3.63, 3.8) is 0 Å². The first-order chi connectivity index (χ1) is 9.53. The van der Waals surface area contributed by atoms with Crippen molar-refractivity contribution in [2.75, 3.05) is 6.61 Å². The molecule has 0 radical (unpaired) electrons. The second kappa shape index (κ2) is 4.98. The van der Waals surface area contributed by atoms with Crippen molar-refractivity contribution in [1.29, 1.82) is 0 Å². The summed E-state index contributed by atoms with van der Waals surface area (Å²) in [4.78, 5) is 4.44. The third-order valence-electron chi connectivity index (χ3n) is 3.60. The number of aromatic nitrogens is 2. The van der Waals surface area contributed by atoms with Gasteiger partial charge in [0.15, 0.2) is 5.82 Å². The van der Waals surface area contributed by atoms with Crippen LogP contribution in [0.2, 0.25) is 0 Å². The Labute approximate surface area is 117 Å². The Bertz CT molecular complexity index is 592. The van der Waals surface area contributed by atoms with Gasteiger partial charge in [-0.3, -0.25) is 0 Å². The third-order valence-corrected chi connectivity index (χ3v) is 3.60. The molecule has 0 N–H and O–H groups in total. The van der Waals surface area contributed by atoms with Crippen LogP contribution in [0.4, 0.5) is 4.39 Å². The summed E-state index contributed by atoms with van der Waals surface area (Å²) < 4.78 is 23.9. The molecule has 1 saturated heterocycles. The zero-order valence-corrected chi connectivity index (χ0v) is 11.6. The van der Waals surface area contributed by atoms with Crippen LogP contribution in [0.25, 0.3) is 11.5 Å². The van der Waals surface area contributed by atoms with Crippen LogP contribution in [0.5, 0.6) is 0 Å². The minimum Gasteiger partial charge on any atom is -0.376 e. The number of ether oxygens (including phenoxy) is 1. The maximum absolute atomic E-state index is 12.9. The zero-order chi connectivity index (χ0) is 14.2. The molecule has 2 aromatic rings. The summed E-state index contributed by atoms with van der Waals surface area (Å²) >= 11 is 0. The first-order valence-electron chi connectivity index (χ1n) is 6.77. The normalized spacial score (nSPS) is 21.9. The van der Waals surface area contributed by atoms with E-state index < -0.39 is 0 Å². The summed E-state index contributed by atoms with van der Waals surface area (Å²) in [5.74, 6) is 1.11. The molecule has 0 saturated carbocycles. The molecule has 4 nitrogen and oxygen atoms in total. The molecule has 5 heteroatoms. The van der Waals surface area contributed by atoms with E-state index in [4.69, 9.17) is 9.26 Å². The van der Waals surface area contributed by atoms with Gasteiger partial charge in [-0.15, -0.1) is 0 Å². The molecule has 1 fully saturated rings. The van der Waals surface area contributed by atoms with Crippen LogP contribution < -0.4 is 0 Å². The van der Waals surface area contributed by atoms with Crippen LogP contribution in [0.15, 0.2) is 28.8 Å². The van der Waals surface area contributed by atoms with Crippen molar-refractivity contribution in [3.8, 4) is 11.5 Å². The van der Waals surface area contributed by atoms with E-state index in [1.165, 1.54) is 12.1 Å². The number of hydrogen-bond acceptors (Lipinski definition) is 4. The van der Waals surface area contributed by atoms with Crippen molar-refractivity contribution < 1.29 is 13.7 Å². The fourth-order valence-corrected chi connectivity index (χ4v) is 2.56. The lowest BCUT2D eigenvalue weighted by Crippen LogP contribution is -2.33. The Balaban J connectivity index is 1.81. The lowest BCUT2D eigenvalue weighted by molar-refractivity contribution is -0.0604. The fourth-order valence-electron chi connectivity index (χ4n) is 2.56. The lowest BCUT2D eigenvalue weighted by atomic mass is 9.88. The Morgan fingerprint density at radius 2 is 2.00 bits per heavy atom. The summed E-state index contributed by atoms with van der Waals surface area (Å²) in [6.07, 6.45) is 1.77. The van der Waals surface area contributed by atoms with Crippen molar-refractivity contribution >= 4 is 0 Å². The fraction of sp³-hybridized carbons (Fsp3) is 0.467. The number of hydrogen-bond donors (Lipinski definition) is 0. The molecule has 0 spiro atoms. The largest absolute Gasteiger partial charge is 0.376 e. The van der Waals surface area contributed by atoms with Crippen molar-refractivity contribution in [1.82, 2.24) is 10.1 Å². The highest BCUT2D eigenvalue weighted by Gasteiger charge is 2.32. The molecule has 0 unspecified atom stereocenters. The van der Waals surface area contributed by atoms with E-state index in [0.717, 1.165) is 18.4 Å². The molecule has 20 heavy (non-hydrogen) atoms. The topological polar surface area (TPSA) is 48.2 Å². The van der Waals surface area contributed by atoms with Gasteiger partial charge in [-0.05, 0) is 51.0 Å². The number of halogens is 1. The number of benzene rings is 1. The summed E-state index contributed by atoms with van der Waals surface area (Å²) in [6.45, 7) is 4.85. The van der Waals surface area contributed by atoms with Crippen LogP contribution in [0, 0.1) is 5.82 Å². The van der Waals surface area contributed by atoms with Crippen molar-refractivity contribution in [3.05, 3.63) is 35.9 Å². The van der Waals surface area contributed by atoms with Gasteiger partial charge < -0.3 is 9.26 Å². The smallest absolute Gasteiger partial charge is 0.257 e. The third kappa shape index (κ3) is 2.72. The lowest BCUT2D eigenvalue weighted by Gasteiger charge is -2.34. The molecule has 1 aromatic carbocycles. The summed E-state index contributed by atoms with van der Waals surface area (Å²) in [7, 11) is 0. The van der Waals surface area contributed by atoms with Crippen LogP contribution in [-0.2, 0) is 4.74 Å². The van der Waals surface area contributed by atoms with Crippen LogP contribution in [0.1, 0.15) is 38.4 Å². The van der Waals surface area contributed by atoms with Gasteiger partial charge in [0.2, 0.25) is 0 Å². The molecule has 0 aliphatic carbocycles. The van der Waals surface area contributed by atoms with E-state index in [1.54, 1.807) is 12.1 Å². The van der Waals surface area contributed by atoms with Crippen LogP contribution in [-0.4, -0.2) is 22.3 Å². The molecule has 0 bridgehead atoms. The predicted molar refractivity (Wildman–Crippen MR) is 71.7 cm³/mol. The van der Waals surface area contributed by atoms with E-state index >= 15 is 0 Å². The summed E-state index contributed by atoms with van der Waals surface area (Å²) in [5, 5.41) is 4.07. The van der Waals surface area contributed by atoms with Gasteiger partial charge in [-0.1, -0.05) is 5.16 Å². The van der Waals surface area contributed by atoms with Crippen molar-refractivity contribution in [2.24, 2.45) is 0 Å². The first kappa shape index (κ1) is 13.2. The van der Waals surface area contributed by atoms with E-state index in [9.17, 15) is 4.39 Å². The van der Waals surface area contributed by atoms with Gasteiger partial charge in [0.1, 0.15) is 5.82 Å². The molecule has 2 heterocycles. The van der Waals surface area contributed by atoms with Crippen LogP contribution in [0.3, 0.4) is 0 Å². The van der Waals surface area contributed by atoms with Crippen LogP contribution >= 0.6 is 0 Å². The van der Waals surface area contributed by atoms with Gasteiger partial charge in [0, 0.05) is 18.1 Å². The molecule has 3 rings (SSSR count). The maximum Gasteiger partial charge on any atom is 0.257 e. The van der Waals surface area contributed by atoms with E-state index in [-0.39, 0.29) is 17.3 Å². The Kier molecular flexibility index (Phi) is 3.30. The Morgan fingerprint density at radius 1 is 1.25 bits per heavy atom. The summed E-state index contributed by atoms with van der Waals surface area (Å²) in [5.41, 5.74) is 0.580. The molecule has 1 aliphatic rings. The van der Waals surface area contributed by atoms with E-state index in [2.05, 4.69) is 24.0 Å². The second-order valence-electron chi connectivity index (χ2n) is 5.76. The van der Waals surface area contributed by atoms with Gasteiger partial charge in [0.05, 0.1) is 5.60 Å². The monoisotopic (exact) mass is 276 g/mol. The Morgan fingerprint density at radius 3 is 2.70 bits per heavy atom. The standard InChI is InChI=1S/C15H17FN2O2/c1-15(2)9-11(7-8-19-15)13-17-14(20-18-13)10-3-5-12(16)6-4-10/h3-6,11H,7-9H2,1-2H3/t11-/m0/s1. The highest BCUT2D eigenvalue weighted by atomic mass is 19.1. The predicted octanol–water partition coefficient (Wildman–Crippen LogP) is 3.55. The van der Waals surface area contributed by atoms with Crippen molar-refractivity contribution in [2.45, 2.75) is 38.2 Å². The highest BCUT2D eigenvalue weighted by Crippen LogP contribution is 2.34. The minimum atomic E-state index is -0.278. The van der Waals surface area contributed by atoms with E-state index in [0.29, 0.717) is 18.3 Å². The average molecular weight is 276 g/mol. The Hall–Kier alpha value is -1.75. The molecule has 106 valence electrons. The average Bonchev–Trinajstić information content (AvgIpc) is 2.88. The quantitative estimate of drug-likeness (QED) is 0.841. The maximum atomic E-state index is 12.9. The molecular formula is C15H17FN2O2. The molecular weight excluding hydrogens is 259 g/mol. The molecule has 1 aromatic heterocycles. The van der Waals surface area contributed by atoms with Gasteiger partial charge in [-0.25, -0.2) is 4.39 Å². The SMILES string of the molecule is CC1(C)C[C@@H](c2noc(-c3ccc(F)cc3)n2)CCO1. The van der Waals surface area contributed by atoms with Gasteiger partial charge in [-0.2, -0.15) is 4.98 Å². The molecule has 1 atom stereocenters. The van der Waals surface area contributed by atoms with E-state index in [1.807, 2.05) is 0 Å².